The summed E-state index contributed by atoms with van der Waals surface area (Å²) in [4.78, 5) is 25.2. The molecule has 0 spiro atoms. The Labute approximate surface area is 180 Å². The van der Waals surface area contributed by atoms with Crippen LogP contribution in [0.1, 0.15) is 43.1 Å². The van der Waals surface area contributed by atoms with Crippen molar-refractivity contribution in [2.75, 3.05) is 5.75 Å². The third-order valence-corrected chi connectivity index (χ3v) is 6.07. The Morgan fingerprint density at radius 1 is 1.23 bits per heavy atom. The van der Waals surface area contributed by atoms with E-state index in [1.54, 1.807) is 23.1 Å². The standard InChI is InChI=1S/C20H23ClN2O6S/c1-4-14(3)22(20(24)16-9-10-18(21)19(12-16)23(25)26)13-15-7-6-8-17(11-15)29-30(27,28)5-2/h6-12,14H,4-5,13H2,1-3H3. The zero-order chi connectivity index (χ0) is 22.5. The van der Waals surface area contributed by atoms with Crippen LogP contribution in [0.3, 0.4) is 0 Å². The van der Waals surface area contributed by atoms with E-state index in [0.717, 1.165) is 6.07 Å². The van der Waals surface area contributed by atoms with E-state index in [2.05, 4.69) is 0 Å². The van der Waals surface area contributed by atoms with E-state index in [1.165, 1.54) is 25.1 Å². The molecule has 1 amide bonds. The zero-order valence-electron chi connectivity index (χ0n) is 16.9. The van der Waals surface area contributed by atoms with Gasteiger partial charge in [-0.3, -0.25) is 14.9 Å². The van der Waals surface area contributed by atoms with Crippen molar-refractivity contribution < 1.29 is 22.3 Å². The minimum Gasteiger partial charge on any atom is -0.382 e. The van der Waals surface area contributed by atoms with Gasteiger partial charge in [-0.15, -0.1) is 0 Å². The van der Waals surface area contributed by atoms with Gasteiger partial charge >= 0.3 is 10.1 Å². The lowest BCUT2D eigenvalue weighted by Crippen LogP contribution is -2.37. The Bertz CT molecular complexity index is 1040. The number of halogens is 1. The van der Waals surface area contributed by atoms with Crippen LogP contribution in [0.5, 0.6) is 5.75 Å². The summed E-state index contributed by atoms with van der Waals surface area (Å²) >= 11 is 5.85. The smallest absolute Gasteiger partial charge is 0.308 e. The van der Waals surface area contributed by atoms with Crippen LogP contribution < -0.4 is 4.18 Å². The molecule has 2 aromatic carbocycles. The monoisotopic (exact) mass is 454 g/mol. The van der Waals surface area contributed by atoms with Gasteiger partial charge in [-0.25, -0.2) is 0 Å². The number of benzene rings is 2. The third-order valence-electron chi connectivity index (χ3n) is 4.60. The van der Waals surface area contributed by atoms with Crippen LogP contribution in [0.4, 0.5) is 5.69 Å². The number of amides is 1. The largest absolute Gasteiger partial charge is 0.382 e. The minimum absolute atomic E-state index is 0.0476. The molecule has 0 bridgehead atoms. The highest BCUT2D eigenvalue weighted by Crippen LogP contribution is 2.27. The molecule has 1 unspecified atom stereocenters. The quantitative estimate of drug-likeness (QED) is 0.315. The number of nitro groups is 1. The molecule has 8 nitrogen and oxygen atoms in total. The van der Waals surface area contributed by atoms with Gasteiger partial charge in [-0.05, 0) is 50.1 Å². The molecule has 0 N–H and O–H groups in total. The van der Waals surface area contributed by atoms with E-state index >= 15 is 0 Å². The molecule has 0 saturated heterocycles. The van der Waals surface area contributed by atoms with Crippen LogP contribution in [0.15, 0.2) is 42.5 Å². The maximum Gasteiger partial charge on any atom is 0.308 e. The van der Waals surface area contributed by atoms with Gasteiger partial charge in [0, 0.05) is 24.2 Å². The molecule has 0 aliphatic carbocycles. The first-order chi connectivity index (χ1) is 14.1. The second-order valence-corrected chi connectivity index (χ2v) is 8.96. The van der Waals surface area contributed by atoms with Gasteiger partial charge in [-0.1, -0.05) is 30.7 Å². The van der Waals surface area contributed by atoms with Crippen LogP contribution in [0.2, 0.25) is 5.02 Å². The molecule has 0 aromatic heterocycles. The molecular weight excluding hydrogens is 432 g/mol. The first kappa shape index (κ1) is 23.6. The number of rotatable bonds is 9. The molecule has 1 atom stereocenters. The molecule has 10 heteroatoms. The molecule has 2 aromatic rings. The van der Waals surface area contributed by atoms with E-state index in [4.69, 9.17) is 15.8 Å². The van der Waals surface area contributed by atoms with Crippen molar-refractivity contribution in [3.05, 3.63) is 68.7 Å². The van der Waals surface area contributed by atoms with Crippen molar-refractivity contribution in [1.29, 1.82) is 0 Å². The summed E-state index contributed by atoms with van der Waals surface area (Å²) in [6.07, 6.45) is 0.655. The molecule has 0 saturated carbocycles. The van der Waals surface area contributed by atoms with Gasteiger partial charge in [0.25, 0.3) is 11.6 Å². The topological polar surface area (TPSA) is 107 Å². The summed E-state index contributed by atoms with van der Waals surface area (Å²) in [6, 6.07) is 10.2. The Kier molecular flexibility index (Phi) is 7.80. The fourth-order valence-corrected chi connectivity index (χ4v) is 3.40. The normalized spacial score (nSPS) is 12.3. The fourth-order valence-electron chi connectivity index (χ4n) is 2.70. The molecule has 162 valence electrons. The predicted molar refractivity (Wildman–Crippen MR) is 114 cm³/mol. The molecule has 0 fully saturated rings. The van der Waals surface area contributed by atoms with E-state index < -0.39 is 20.9 Å². The van der Waals surface area contributed by atoms with Gasteiger partial charge in [0.05, 0.1) is 10.7 Å². The summed E-state index contributed by atoms with van der Waals surface area (Å²) in [6.45, 7) is 5.44. The number of hydrogen-bond donors (Lipinski definition) is 0. The molecule has 0 aliphatic rings. The average Bonchev–Trinajstić information content (AvgIpc) is 2.71. The fraction of sp³-hybridized carbons (Fsp3) is 0.350. The van der Waals surface area contributed by atoms with Gasteiger partial charge in [0.15, 0.2) is 0 Å². The van der Waals surface area contributed by atoms with E-state index in [9.17, 15) is 23.3 Å². The first-order valence-corrected chi connectivity index (χ1v) is 11.3. The lowest BCUT2D eigenvalue weighted by Gasteiger charge is -2.29. The van der Waals surface area contributed by atoms with Gasteiger partial charge in [0.1, 0.15) is 10.8 Å². The van der Waals surface area contributed by atoms with E-state index in [1.807, 2.05) is 13.8 Å². The van der Waals surface area contributed by atoms with Gasteiger partial charge in [0.2, 0.25) is 0 Å². The van der Waals surface area contributed by atoms with E-state index in [-0.39, 0.29) is 40.4 Å². The van der Waals surface area contributed by atoms with Crippen LogP contribution in [-0.2, 0) is 16.7 Å². The van der Waals surface area contributed by atoms with Crippen LogP contribution in [0.25, 0.3) is 0 Å². The highest BCUT2D eigenvalue weighted by atomic mass is 35.5. The Balaban J connectivity index is 2.35. The summed E-state index contributed by atoms with van der Waals surface area (Å²) in [5.74, 6) is -0.394. The predicted octanol–water partition coefficient (Wildman–Crippen LogP) is 4.42. The minimum atomic E-state index is -3.67. The highest BCUT2D eigenvalue weighted by Gasteiger charge is 2.24. The maximum absolute atomic E-state index is 13.1. The Morgan fingerprint density at radius 2 is 1.93 bits per heavy atom. The molecular formula is C20H23ClN2O6S. The molecule has 0 aliphatic heterocycles. The summed E-state index contributed by atoms with van der Waals surface area (Å²) in [5, 5.41) is 11.1. The van der Waals surface area contributed by atoms with Crippen LogP contribution in [-0.4, -0.2) is 35.9 Å². The summed E-state index contributed by atoms with van der Waals surface area (Å²) < 4.78 is 28.5. The van der Waals surface area contributed by atoms with Crippen molar-refractivity contribution in [2.24, 2.45) is 0 Å². The third kappa shape index (κ3) is 5.93. The van der Waals surface area contributed by atoms with Crippen LogP contribution in [0, 0.1) is 10.1 Å². The number of nitrogens with zero attached hydrogens (tertiary/aromatic N) is 2. The maximum atomic E-state index is 13.1. The first-order valence-electron chi connectivity index (χ1n) is 9.34. The Morgan fingerprint density at radius 3 is 2.53 bits per heavy atom. The van der Waals surface area contributed by atoms with Crippen molar-refractivity contribution >= 4 is 33.3 Å². The summed E-state index contributed by atoms with van der Waals surface area (Å²) in [7, 11) is -3.67. The second kappa shape index (κ2) is 9.90. The number of nitro benzene ring substituents is 1. The lowest BCUT2D eigenvalue weighted by molar-refractivity contribution is -0.384. The molecule has 30 heavy (non-hydrogen) atoms. The van der Waals surface area contributed by atoms with Crippen molar-refractivity contribution in [3.63, 3.8) is 0 Å². The average molecular weight is 455 g/mol. The van der Waals surface area contributed by atoms with Crippen molar-refractivity contribution in [2.45, 2.75) is 39.8 Å². The van der Waals surface area contributed by atoms with E-state index in [0.29, 0.717) is 12.0 Å². The highest BCUT2D eigenvalue weighted by molar-refractivity contribution is 7.87. The molecule has 2 rings (SSSR count). The van der Waals surface area contributed by atoms with Crippen molar-refractivity contribution in [1.82, 2.24) is 4.90 Å². The molecule has 0 radical (unpaired) electrons. The number of carbonyl (C=O) groups excluding carboxylic acids is 1. The second-order valence-electron chi connectivity index (χ2n) is 6.69. The van der Waals surface area contributed by atoms with Gasteiger partial charge in [-0.2, -0.15) is 8.42 Å². The van der Waals surface area contributed by atoms with Crippen molar-refractivity contribution in [3.8, 4) is 5.75 Å². The Hall–Kier alpha value is -2.65. The van der Waals surface area contributed by atoms with Gasteiger partial charge < -0.3 is 9.08 Å². The zero-order valence-corrected chi connectivity index (χ0v) is 18.4. The van der Waals surface area contributed by atoms with Crippen LogP contribution >= 0.6 is 11.6 Å². The number of carbonyl (C=O) groups is 1. The number of hydrogen-bond acceptors (Lipinski definition) is 6. The summed E-state index contributed by atoms with van der Waals surface area (Å²) in [5.41, 5.74) is 0.468. The SMILES string of the molecule is CCC(C)N(Cc1cccc(OS(=O)(=O)CC)c1)C(=O)c1ccc(Cl)c([N+](=O)[O-])c1. The lowest BCUT2D eigenvalue weighted by atomic mass is 10.1. The molecule has 0 heterocycles.